The van der Waals surface area contributed by atoms with E-state index in [1.54, 1.807) is 6.07 Å². The lowest BCUT2D eigenvalue weighted by Gasteiger charge is -2.36. The Hall–Kier alpha value is -1.95. The third-order valence-electron chi connectivity index (χ3n) is 4.18. The highest BCUT2D eigenvalue weighted by atomic mass is 16.4. The largest absolute Gasteiger partial charge is 0.417 e. The quantitative estimate of drug-likeness (QED) is 0.807. The topological polar surface area (TPSA) is 78.5 Å². The van der Waals surface area contributed by atoms with Crippen LogP contribution in [0.4, 0.5) is 11.4 Å². The van der Waals surface area contributed by atoms with Gasteiger partial charge in [0.05, 0.1) is 16.9 Å². The zero-order chi connectivity index (χ0) is 14.3. The molecule has 2 aromatic rings. The molecule has 0 spiro atoms. The molecule has 6 heteroatoms. The Labute approximate surface area is 117 Å². The summed E-state index contributed by atoms with van der Waals surface area (Å²) in [5, 5.41) is 0. The third kappa shape index (κ3) is 2.27. The standard InChI is InChI=1S/C14H20N4O2/c1-17-5-3-9(4-6-17)18(2)12-8-11-13(7-10(12)15)20-14(19)16-11/h7-9H,3-6,15H2,1-2H3,(H,16,19). The van der Waals surface area contributed by atoms with Crippen molar-refractivity contribution in [2.75, 3.05) is 37.8 Å². The normalized spacial score (nSPS) is 17.7. The number of rotatable bonds is 2. The van der Waals surface area contributed by atoms with E-state index in [4.69, 9.17) is 10.2 Å². The van der Waals surface area contributed by atoms with Gasteiger partial charge in [-0.05, 0) is 39.0 Å². The molecule has 0 amide bonds. The fourth-order valence-electron chi connectivity index (χ4n) is 2.89. The maximum Gasteiger partial charge on any atom is 0.417 e. The first-order valence-electron chi connectivity index (χ1n) is 6.88. The predicted octanol–water partition coefficient (Wildman–Crippen LogP) is 1.23. The summed E-state index contributed by atoms with van der Waals surface area (Å²) in [5.74, 6) is -0.446. The Morgan fingerprint density at radius 2 is 2.10 bits per heavy atom. The van der Waals surface area contributed by atoms with Crippen LogP contribution in [0.1, 0.15) is 12.8 Å². The highest BCUT2D eigenvalue weighted by molar-refractivity contribution is 5.85. The van der Waals surface area contributed by atoms with Gasteiger partial charge in [-0.2, -0.15) is 0 Å². The first-order chi connectivity index (χ1) is 9.54. The van der Waals surface area contributed by atoms with Crippen molar-refractivity contribution in [1.82, 2.24) is 9.88 Å². The number of aromatic nitrogens is 1. The molecule has 0 radical (unpaired) electrons. The summed E-state index contributed by atoms with van der Waals surface area (Å²) in [6.07, 6.45) is 2.23. The van der Waals surface area contributed by atoms with Gasteiger partial charge in [0.1, 0.15) is 0 Å². The molecule has 1 saturated heterocycles. The van der Waals surface area contributed by atoms with Crippen molar-refractivity contribution in [1.29, 1.82) is 0 Å². The SMILES string of the molecule is CN1CCC(N(C)c2cc3[nH]c(=O)oc3cc2N)CC1. The van der Waals surface area contributed by atoms with E-state index in [0.29, 0.717) is 22.8 Å². The first kappa shape index (κ1) is 13.1. The molecule has 1 aromatic carbocycles. The number of nitrogen functional groups attached to an aromatic ring is 1. The molecule has 1 aliphatic heterocycles. The summed E-state index contributed by atoms with van der Waals surface area (Å²) in [7, 11) is 4.21. The highest BCUT2D eigenvalue weighted by Crippen LogP contribution is 2.30. The van der Waals surface area contributed by atoms with E-state index in [-0.39, 0.29) is 0 Å². The number of nitrogens with zero attached hydrogens (tertiary/aromatic N) is 2. The van der Waals surface area contributed by atoms with Crippen LogP contribution in [0.25, 0.3) is 11.1 Å². The molecule has 1 aromatic heterocycles. The number of piperidine rings is 1. The Bertz CT molecular complexity index is 667. The number of anilines is 2. The maximum absolute atomic E-state index is 11.2. The fourth-order valence-corrected chi connectivity index (χ4v) is 2.89. The Morgan fingerprint density at radius 3 is 2.80 bits per heavy atom. The van der Waals surface area contributed by atoms with Gasteiger partial charge in [-0.25, -0.2) is 4.79 Å². The summed E-state index contributed by atoms with van der Waals surface area (Å²) in [4.78, 5) is 18.5. The number of aromatic amines is 1. The number of hydrogen-bond donors (Lipinski definition) is 2. The summed E-state index contributed by atoms with van der Waals surface area (Å²) in [6, 6.07) is 4.09. The average molecular weight is 276 g/mol. The molecule has 0 atom stereocenters. The number of nitrogens with one attached hydrogen (secondary N) is 1. The van der Waals surface area contributed by atoms with Gasteiger partial charge in [0.2, 0.25) is 0 Å². The molecule has 108 valence electrons. The second-order valence-electron chi connectivity index (χ2n) is 5.57. The Kier molecular flexibility index (Phi) is 3.17. The molecule has 0 saturated carbocycles. The van der Waals surface area contributed by atoms with E-state index in [1.807, 2.05) is 6.07 Å². The first-order valence-corrected chi connectivity index (χ1v) is 6.88. The van der Waals surface area contributed by atoms with E-state index >= 15 is 0 Å². The van der Waals surface area contributed by atoms with E-state index in [9.17, 15) is 4.79 Å². The van der Waals surface area contributed by atoms with Crippen molar-refractivity contribution in [2.45, 2.75) is 18.9 Å². The molecule has 2 heterocycles. The van der Waals surface area contributed by atoms with Crippen molar-refractivity contribution < 1.29 is 4.42 Å². The van der Waals surface area contributed by atoms with Crippen LogP contribution in [0.15, 0.2) is 21.3 Å². The summed E-state index contributed by atoms with van der Waals surface area (Å²) in [6.45, 7) is 2.19. The predicted molar refractivity (Wildman–Crippen MR) is 80.2 cm³/mol. The summed E-state index contributed by atoms with van der Waals surface area (Å²) >= 11 is 0. The van der Waals surface area contributed by atoms with Crippen LogP contribution >= 0.6 is 0 Å². The molecule has 6 nitrogen and oxygen atoms in total. The molecule has 0 bridgehead atoms. The Morgan fingerprint density at radius 1 is 1.40 bits per heavy atom. The number of fused-ring (bicyclic) bond motifs is 1. The summed E-state index contributed by atoms with van der Waals surface area (Å²) < 4.78 is 5.03. The van der Waals surface area contributed by atoms with Gasteiger partial charge in [-0.1, -0.05) is 0 Å². The van der Waals surface area contributed by atoms with Gasteiger partial charge >= 0.3 is 5.76 Å². The molecule has 3 rings (SSSR count). The number of H-pyrrole nitrogens is 1. The minimum absolute atomic E-state index is 0.446. The molecule has 1 fully saturated rings. The average Bonchev–Trinajstić information content (AvgIpc) is 2.77. The van der Waals surface area contributed by atoms with Gasteiger partial charge in [0, 0.05) is 19.2 Å². The van der Waals surface area contributed by atoms with Crippen molar-refractivity contribution in [2.24, 2.45) is 0 Å². The highest BCUT2D eigenvalue weighted by Gasteiger charge is 2.22. The van der Waals surface area contributed by atoms with Crippen LogP contribution in [0.5, 0.6) is 0 Å². The second-order valence-corrected chi connectivity index (χ2v) is 5.57. The molecule has 0 unspecified atom stereocenters. The van der Waals surface area contributed by atoms with Crippen LogP contribution in [0, 0.1) is 0 Å². The van der Waals surface area contributed by atoms with Gasteiger partial charge < -0.3 is 20.0 Å². The lowest BCUT2D eigenvalue weighted by atomic mass is 10.0. The van der Waals surface area contributed by atoms with E-state index in [1.165, 1.54) is 0 Å². The monoisotopic (exact) mass is 276 g/mol. The van der Waals surface area contributed by atoms with Gasteiger partial charge in [0.15, 0.2) is 5.58 Å². The Balaban J connectivity index is 1.92. The molecule has 0 aliphatic carbocycles. The lowest BCUT2D eigenvalue weighted by molar-refractivity contribution is 0.253. The van der Waals surface area contributed by atoms with Crippen LogP contribution < -0.4 is 16.4 Å². The molecule has 1 aliphatic rings. The van der Waals surface area contributed by atoms with Crippen molar-refractivity contribution in [3.8, 4) is 0 Å². The summed E-state index contributed by atoms with van der Waals surface area (Å²) in [5.41, 5.74) is 8.89. The van der Waals surface area contributed by atoms with E-state index < -0.39 is 5.76 Å². The van der Waals surface area contributed by atoms with Crippen LogP contribution in [-0.4, -0.2) is 43.1 Å². The van der Waals surface area contributed by atoms with Gasteiger partial charge in [0.25, 0.3) is 0 Å². The zero-order valence-corrected chi connectivity index (χ0v) is 11.8. The number of hydrogen-bond acceptors (Lipinski definition) is 5. The van der Waals surface area contributed by atoms with Crippen molar-refractivity contribution >= 4 is 22.5 Å². The number of oxazole rings is 1. The molecular formula is C14H20N4O2. The van der Waals surface area contributed by atoms with E-state index in [2.05, 4.69) is 28.9 Å². The third-order valence-corrected chi connectivity index (χ3v) is 4.18. The van der Waals surface area contributed by atoms with Gasteiger partial charge in [-0.15, -0.1) is 0 Å². The lowest BCUT2D eigenvalue weighted by Crippen LogP contribution is -2.42. The second kappa shape index (κ2) is 4.86. The van der Waals surface area contributed by atoms with E-state index in [0.717, 1.165) is 31.6 Å². The smallest absolute Gasteiger partial charge is 0.408 e. The molecule has 20 heavy (non-hydrogen) atoms. The van der Waals surface area contributed by atoms with Crippen molar-refractivity contribution in [3.63, 3.8) is 0 Å². The number of likely N-dealkylation sites (tertiary alicyclic amines) is 1. The number of benzene rings is 1. The van der Waals surface area contributed by atoms with Crippen LogP contribution in [0.3, 0.4) is 0 Å². The molecule has 3 N–H and O–H groups in total. The number of nitrogens with two attached hydrogens (primary N) is 1. The minimum atomic E-state index is -0.446. The maximum atomic E-state index is 11.2. The van der Waals surface area contributed by atoms with Crippen LogP contribution in [0.2, 0.25) is 0 Å². The van der Waals surface area contributed by atoms with Crippen LogP contribution in [-0.2, 0) is 0 Å². The molecular weight excluding hydrogens is 256 g/mol. The fraction of sp³-hybridized carbons (Fsp3) is 0.500. The van der Waals surface area contributed by atoms with Gasteiger partial charge in [-0.3, -0.25) is 4.98 Å². The minimum Gasteiger partial charge on any atom is -0.408 e. The van der Waals surface area contributed by atoms with Crippen molar-refractivity contribution in [3.05, 3.63) is 22.7 Å². The zero-order valence-electron chi connectivity index (χ0n) is 11.8.